The van der Waals surface area contributed by atoms with Gasteiger partial charge in [0.25, 0.3) is 0 Å². The van der Waals surface area contributed by atoms with E-state index in [4.69, 9.17) is 12.2 Å². The maximum atomic E-state index is 11.3. The Balaban J connectivity index is 2.57. The van der Waals surface area contributed by atoms with Crippen molar-refractivity contribution in [3.63, 3.8) is 0 Å². The highest BCUT2D eigenvalue weighted by molar-refractivity contribution is 7.90. The molecule has 0 bridgehead atoms. The minimum Gasteiger partial charge on any atom is -0.359 e. The fourth-order valence-electron chi connectivity index (χ4n) is 1.21. The van der Waals surface area contributed by atoms with Gasteiger partial charge in [0, 0.05) is 12.3 Å². The molecule has 0 spiro atoms. The van der Waals surface area contributed by atoms with E-state index in [9.17, 15) is 8.42 Å². The highest BCUT2D eigenvalue weighted by atomic mass is 32.2. The highest BCUT2D eigenvalue weighted by Gasteiger charge is 2.05. The lowest BCUT2D eigenvalue weighted by molar-refractivity contribution is 0.602. The Hall–Kier alpha value is -1.34. The van der Waals surface area contributed by atoms with Crippen molar-refractivity contribution in [3.8, 4) is 0 Å². The molecule has 0 aliphatic heterocycles. The van der Waals surface area contributed by atoms with Crippen molar-refractivity contribution in [2.24, 2.45) is 0 Å². The molecule has 5 nitrogen and oxygen atoms in total. The minimum absolute atomic E-state index is 0.249. The second-order valence-corrected chi connectivity index (χ2v) is 6.60. The summed E-state index contributed by atoms with van der Waals surface area (Å²) < 4.78 is 22.5. The molecular weight excluding hydrogens is 270 g/mol. The molecule has 0 saturated carbocycles. The van der Waals surface area contributed by atoms with Crippen LogP contribution < -0.4 is 16.2 Å². The molecule has 0 heterocycles. The number of hydrogen-bond donors (Lipinski definition) is 3. The Morgan fingerprint density at radius 3 is 2.22 bits per heavy atom. The summed E-state index contributed by atoms with van der Waals surface area (Å²) in [6.45, 7) is 3.96. The zero-order valence-electron chi connectivity index (χ0n) is 10.5. The van der Waals surface area contributed by atoms with Gasteiger partial charge in [0.1, 0.15) is 0 Å². The predicted molar refractivity (Wildman–Crippen MR) is 77.2 cm³/mol. The standard InChI is InChI=1S/C11H17N3O2S2/c1-8(2)12-11(17)14-13-9-4-6-10(7-5-9)18(3,15)16/h4-8,13H,1-3H3,(H2,12,14,17). The molecule has 0 aliphatic rings. The lowest BCUT2D eigenvalue weighted by Crippen LogP contribution is -2.41. The lowest BCUT2D eigenvalue weighted by atomic mass is 10.3. The first-order valence-electron chi connectivity index (χ1n) is 5.41. The Bertz CT molecular complexity index is 510. The van der Waals surface area contributed by atoms with Crippen LogP contribution in [0.25, 0.3) is 0 Å². The predicted octanol–water partition coefficient (Wildman–Crippen LogP) is 1.29. The molecule has 0 unspecified atom stereocenters. The van der Waals surface area contributed by atoms with Crippen molar-refractivity contribution in [1.29, 1.82) is 0 Å². The van der Waals surface area contributed by atoms with Crippen LogP contribution in [-0.4, -0.2) is 25.8 Å². The largest absolute Gasteiger partial charge is 0.359 e. The molecule has 0 aliphatic carbocycles. The zero-order valence-corrected chi connectivity index (χ0v) is 12.2. The molecular formula is C11H17N3O2S2. The first-order valence-corrected chi connectivity index (χ1v) is 7.71. The number of anilines is 1. The Labute approximate surface area is 113 Å². The van der Waals surface area contributed by atoms with Crippen LogP contribution in [0.4, 0.5) is 5.69 Å². The van der Waals surface area contributed by atoms with Gasteiger partial charge >= 0.3 is 0 Å². The summed E-state index contributed by atoms with van der Waals surface area (Å²) in [5, 5.41) is 3.49. The highest BCUT2D eigenvalue weighted by Crippen LogP contribution is 2.12. The average Bonchev–Trinajstić information content (AvgIpc) is 2.25. The topological polar surface area (TPSA) is 70.2 Å². The van der Waals surface area contributed by atoms with Gasteiger partial charge in [-0.15, -0.1) is 0 Å². The monoisotopic (exact) mass is 287 g/mol. The first-order chi connectivity index (χ1) is 8.29. The number of hydrogen-bond acceptors (Lipinski definition) is 4. The smallest absolute Gasteiger partial charge is 0.185 e. The van der Waals surface area contributed by atoms with Gasteiger partial charge in [-0.3, -0.25) is 10.9 Å². The van der Waals surface area contributed by atoms with Crippen molar-refractivity contribution >= 4 is 32.9 Å². The third-order valence-corrected chi connectivity index (χ3v) is 3.37. The third kappa shape index (κ3) is 4.89. The molecule has 1 rings (SSSR count). The summed E-state index contributed by atoms with van der Waals surface area (Å²) in [5.74, 6) is 0. The van der Waals surface area contributed by atoms with Crippen LogP contribution in [-0.2, 0) is 9.84 Å². The average molecular weight is 287 g/mol. The van der Waals surface area contributed by atoms with Gasteiger partial charge in [0.15, 0.2) is 14.9 Å². The van der Waals surface area contributed by atoms with Crippen molar-refractivity contribution in [2.45, 2.75) is 24.8 Å². The van der Waals surface area contributed by atoms with E-state index in [1.807, 2.05) is 13.8 Å². The first kappa shape index (κ1) is 14.7. The fourth-order valence-corrected chi connectivity index (χ4v) is 2.13. The van der Waals surface area contributed by atoms with Crippen molar-refractivity contribution < 1.29 is 8.42 Å². The van der Waals surface area contributed by atoms with E-state index in [0.717, 1.165) is 5.69 Å². The Morgan fingerprint density at radius 1 is 1.22 bits per heavy atom. The molecule has 1 aromatic rings. The normalized spacial score (nSPS) is 11.1. The van der Waals surface area contributed by atoms with E-state index in [2.05, 4.69) is 16.2 Å². The van der Waals surface area contributed by atoms with Crippen LogP contribution in [0, 0.1) is 0 Å². The Morgan fingerprint density at radius 2 is 1.78 bits per heavy atom. The number of sulfone groups is 1. The van der Waals surface area contributed by atoms with Gasteiger partial charge in [0.2, 0.25) is 0 Å². The Kier molecular flexibility index (Phi) is 4.92. The number of thiocarbonyl (C=S) groups is 1. The fraction of sp³-hybridized carbons (Fsp3) is 0.364. The van der Waals surface area contributed by atoms with Crippen LogP contribution in [0.2, 0.25) is 0 Å². The van der Waals surface area contributed by atoms with E-state index in [1.165, 1.54) is 18.4 Å². The van der Waals surface area contributed by atoms with E-state index in [1.54, 1.807) is 12.1 Å². The van der Waals surface area contributed by atoms with E-state index >= 15 is 0 Å². The minimum atomic E-state index is -3.15. The second-order valence-electron chi connectivity index (χ2n) is 4.17. The van der Waals surface area contributed by atoms with Gasteiger partial charge in [-0.25, -0.2) is 8.42 Å². The third-order valence-electron chi connectivity index (χ3n) is 2.02. The van der Waals surface area contributed by atoms with Crippen molar-refractivity contribution in [3.05, 3.63) is 24.3 Å². The number of rotatable bonds is 4. The molecule has 18 heavy (non-hydrogen) atoms. The molecule has 1 aromatic carbocycles. The van der Waals surface area contributed by atoms with Crippen molar-refractivity contribution in [2.75, 3.05) is 11.7 Å². The lowest BCUT2D eigenvalue weighted by Gasteiger charge is -2.14. The maximum Gasteiger partial charge on any atom is 0.185 e. The molecule has 100 valence electrons. The van der Waals surface area contributed by atoms with Gasteiger partial charge in [-0.1, -0.05) is 0 Å². The number of hydrazine groups is 1. The molecule has 3 N–H and O–H groups in total. The molecule has 0 amide bonds. The summed E-state index contributed by atoms with van der Waals surface area (Å²) in [5.41, 5.74) is 6.42. The van der Waals surface area contributed by atoms with Crippen LogP contribution >= 0.6 is 12.2 Å². The van der Waals surface area contributed by atoms with E-state index in [0.29, 0.717) is 5.11 Å². The van der Waals surface area contributed by atoms with Gasteiger partial charge in [0.05, 0.1) is 10.6 Å². The molecule has 0 saturated heterocycles. The van der Waals surface area contributed by atoms with Gasteiger partial charge in [-0.2, -0.15) is 0 Å². The summed E-state index contributed by atoms with van der Waals surface area (Å²) in [7, 11) is -3.15. The van der Waals surface area contributed by atoms with Crippen LogP contribution in [0.3, 0.4) is 0 Å². The molecule has 0 fully saturated rings. The number of benzene rings is 1. The van der Waals surface area contributed by atoms with Crippen LogP contribution in [0.15, 0.2) is 29.2 Å². The summed E-state index contributed by atoms with van der Waals surface area (Å²) in [6, 6.07) is 6.67. The van der Waals surface area contributed by atoms with Crippen LogP contribution in [0.5, 0.6) is 0 Å². The molecule has 0 aromatic heterocycles. The van der Waals surface area contributed by atoms with Gasteiger partial charge < -0.3 is 5.32 Å². The van der Waals surface area contributed by atoms with Crippen LogP contribution in [0.1, 0.15) is 13.8 Å². The summed E-state index contributed by atoms with van der Waals surface area (Å²) in [6.07, 6.45) is 1.18. The molecule has 0 radical (unpaired) electrons. The van der Waals surface area contributed by atoms with Crippen molar-refractivity contribution in [1.82, 2.24) is 10.7 Å². The second kappa shape index (κ2) is 6.01. The quantitative estimate of drug-likeness (QED) is 0.573. The SMILES string of the molecule is CC(C)NC(=S)NNc1ccc(S(C)(=O)=O)cc1. The number of nitrogens with one attached hydrogen (secondary N) is 3. The zero-order chi connectivity index (χ0) is 13.8. The molecule has 0 atom stereocenters. The van der Waals surface area contributed by atoms with E-state index < -0.39 is 9.84 Å². The maximum absolute atomic E-state index is 11.3. The summed E-state index contributed by atoms with van der Waals surface area (Å²) in [4.78, 5) is 0.288. The molecule has 7 heteroatoms. The summed E-state index contributed by atoms with van der Waals surface area (Å²) >= 11 is 5.03. The van der Waals surface area contributed by atoms with Gasteiger partial charge in [-0.05, 0) is 50.3 Å². The van der Waals surface area contributed by atoms with E-state index in [-0.39, 0.29) is 10.9 Å².